The quantitative estimate of drug-likeness (QED) is 0.599. The zero-order valence-electron chi connectivity index (χ0n) is 12.8. The van der Waals surface area contributed by atoms with E-state index in [2.05, 4.69) is 4.98 Å². The second-order valence-corrected chi connectivity index (χ2v) is 5.98. The third kappa shape index (κ3) is 3.36. The van der Waals surface area contributed by atoms with Gasteiger partial charge in [-0.05, 0) is 6.92 Å². The van der Waals surface area contributed by atoms with Gasteiger partial charge in [-0.2, -0.15) is 57.1 Å². The summed E-state index contributed by atoms with van der Waals surface area (Å²) in [5, 5.41) is 0.998. The lowest BCUT2D eigenvalue weighted by Crippen LogP contribution is -2.71. The van der Waals surface area contributed by atoms with Crippen LogP contribution in [0.5, 0.6) is 0 Å². The molecule has 1 aromatic heterocycles. The van der Waals surface area contributed by atoms with E-state index in [4.69, 9.17) is 0 Å². The molecule has 1 amide bonds. The van der Waals surface area contributed by atoms with Crippen LogP contribution in [0.3, 0.4) is 0 Å². The van der Waals surface area contributed by atoms with Gasteiger partial charge < -0.3 is 0 Å². The number of halogens is 13. The molecule has 0 aliphatic rings. The lowest BCUT2D eigenvalue weighted by Gasteiger charge is -2.39. The molecular weight excluding hydrogens is 455 g/mol. The van der Waals surface area contributed by atoms with Gasteiger partial charge in [0, 0.05) is 5.38 Å². The minimum atomic E-state index is -8.05. The van der Waals surface area contributed by atoms with Crippen molar-refractivity contribution in [1.29, 1.82) is 0 Å². The van der Waals surface area contributed by atoms with Gasteiger partial charge in [0.25, 0.3) is 0 Å². The van der Waals surface area contributed by atoms with E-state index < -0.39 is 46.8 Å². The summed E-state index contributed by atoms with van der Waals surface area (Å²) < 4.78 is 167. The van der Waals surface area contributed by atoms with Crippen molar-refractivity contribution in [3.05, 3.63) is 11.1 Å². The molecule has 0 spiro atoms. The molecular formula is C11H5F13N2OS. The van der Waals surface area contributed by atoms with Gasteiger partial charge in [0.05, 0.1) is 5.69 Å². The van der Waals surface area contributed by atoms with E-state index in [1.165, 1.54) is 6.92 Å². The fourth-order valence-corrected chi connectivity index (χ4v) is 2.18. The van der Waals surface area contributed by atoms with Crippen LogP contribution in [-0.4, -0.2) is 46.7 Å². The Kier molecular flexibility index (Phi) is 5.73. The molecule has 0 fully saturated rings. The first kappa shape index (κ1) is 24.2. The van der Waals surface area contributed by atoms with E-state index in [1.54, 1.807) is 0 Å². The molecule has 3 nitrogen and oxygen atoms in total. The molecule has 1 heterocycles. The van der Waals surface area contributed by atoms with E-state index in [-0.39, 0.29) is 5.69 Å². The highest BCUT2D eigenvalue weighted by Gasteiger charge is 2.91. The summed E-state index contributed by atoms with van der Waals surface area (Å²) in [5.74, 6) is -41.8. The average molecular weight is 460 g/mol. The summed E-state index contributed by atoms with van der Waals surface area (Å²) in [6.45, 7) is 1.20. The number of nitrogens with one attached hydrogen (secondary N) is 1. The molecule has 0 radical (unpaired) electrons. The molecule has 0 saturated heterocycles. The van der Waals surface area contributed by atoms with Crippen LogP contribution in [-0.2, 0) is 4.79 Å². The maximum absolute atomic E-state index is 13.5. The van der Waals surface area contributed by atoms with Crippen molar-refractivity contribution in [2.75, 3.05) is 5.32 Å². The van der Waals surface area contributed by atoms with Gasteiger partial charge in [0.1, 0.15) is 0 Å². The number of aryl methyl sites for hydroxylation is 1. The van der Waals surface area contributed by atoms with Crippen molar-refractivity contribution in [2.24, 2.45) is 0 Å². The lowest BCUT2D eigenvalue weighted by atomic mass is 9.93. The maximum atomic E-state index is 13.5. The van der Waals surface area contributed by atoms with Crippen LogP contribution in [0.15, 0.2) is 5.38 Å². The summed E-state index contributed by atoms with van der Waals surface area (Å²) in [6.07, 6.45) is -7.51. The highest BCUT2D eigenvalue weighted by atomic mass is 32.1. The molecule has 0 unspecified atom stereocenters. The molecule has 0 aliphatic carbocycles. The number of thiazole rings is 1. The predicted octanol–water partition coefficient (Wildman–Crippen LogP) is 5.13. The second kappa shape index (κ2) is 6.62. The van der Waals surface area contributed by atoms with Gasteiger partial charge in [0.15, 0.2) is 5.13 Å². The number of carbonyl (C=O) groups is 1. The van der Waals surface area contributed by atoms with Crippen molar-refractivity contribution in [1.82, 2.24) is 4.98 Å². The normalized spacial score (nSPS) is 14.9. The molecule has 0 aromatic carbocycles. The van der Waals surface area contributed by atoms with Gasteiger partial charge in [-0.25, -0.2) is 4.98 Å². The third-order valence-electron chi connectivity index (χ3n) is 3.06. The smallest absolute Gasteiger partial charge is 0.296 e. The Morgan fingerprint density at radius 3 is 1.61 bits per heavy atom. The van der Waals surface area contributed by atoms with Crippen LogP contribution >= 0.6 is 11.3 Å². The van der Waals surface area contributed by atoms with Crippen LogP contribution < -0.4 is 5.32 Å². The van der Waals surface area contributed by atoms with Crippen LogP contribution in [0.25, 0.3) is 0 Å². The van der Waals surface area contributed by atoms with Gasteiger partial charge in [-0.1, -0.05) is 0 Å². The van der Waals surface area contributed by atoms with E-state index in [9.17, 15) is 61.9 Å². The molecule has 1 N–H and O–H groups in total. The molecule has 1 rings (SSSR count). The van der Waals surface area contributed by atoms with Gasteiger partial charge >= 0.3 is 41.7 Å². The van der Waals surface area contributed by atoms with Crippen LogP contribution in [0.2, 0.25) is 0 Å². The summed E-state index contributed by atoms with van der Waals surface area (Å²) in [4.78, 5) is 14.4. The van der Waals surface area contributed by atoms with E-state index >= 15 is 0 Å². The monoisotopic (exact) mass is 460 g/mol. The van der Waals surface area contributed by atoms with Crippen molar-refractivity contribution in [2.45, 2.75) is 42.7 Å². The van der Waals surface area contributed by atoms with Crippen molar-refractivity contribution in [3.8, 4) is 0 Å². The number of hydrogen-bond donors (Lipinski definition) is 1. The molecule has 0 saturated carbocycles. The Labute approximate surface area is 149 Å². The topological polar surface area (TPSA) is 42.0 Å². The summed E-state index contributed by atoms with van der Waals surface area (Å²) >= 11 is 0.300. The minimum absolute atomic E-state index is 0.0112. The fraction of sp³-hybridized carbons (Fsp3) is 0.636. The standard InChI is InChI=1S/C11H5F13N2OS/c1-3-2-28-5(25-3)26-4(27)6(12,13)7(14,15)8(16,17)9(18,19)10(20,21)11(22,23)24/h2H,1H3,(H,25,26,27). The number of anilines is 1. The lowest BCUT2D eigenvalue weighted by molar-refractivity contribution is -0.435. The summed E-state index contributed by atoms with van der Waals surface area (Å²) in [5.41, 5.74) is 0.0112. The first-order valence-corrected chi connectivity index (χ1v) is 7.22. The number of rotatable bonds is 6. The third-order valence-corrected chi connectivity index (χ3v) is 3.93. The predicted molar refractivity (Wildman–Crippen MR) is 66.3 cm³/mol. The maximum Gasteiger partial charge on any atom is 0.460 e. The Hall–Kier alpha value is -1.81. The Morgan fingerprint density at radius 1 is 0.821 bits per heavy atom. The van der Waals surface area contributed by atoms with Crippen LogP contribution in [0.4, 0.5) is 62.2 Å². The number of hydrogen-bond acceptors (Lipinski definition) is 3. The molecule has 1 aromatic rings. The zero-order valence-corrected chi connectivity index (χ0v) is 13.6. The molecule has 0 bridgehead atoms. The Bertz CT molecular complexity index is 739. The molecule has 162 valence electrons. The number of amides is 1. The van der Waals surface area contributed by atoms with E-state index in [0.29, 0.717) is 11.3 Å². The van der Waals surface area contributed by atoms with Gasteiger partial charge in [0.2, 0.25) is 0 Å². The minimum Gasteiger partial charge on any atom is -0.296 e. The number of carbonyl (C=O) groups excluding carboxylic acids is 1. The van der Waals surface area contributed by atoms with Gasteiger partial charge in [-0.15, -0.1) is 11.3 Å². The molecule has 0 aliphatic heterocycles. The SMILES string of the molecule is Cc1csc(NC(=O)C(F)(F)C(F)(F)C(F)(F)C(F)(F)C(F)(F)C(F)(F)F)n1. The Balaban J connectivity index is 3.38. The van der Waals surface area contributed by atoms with Crippen molar-refractivity contribution >= 4 is 22.4 Å². The molecule has 0 atom stereocenters. The first-order chi connectivity index (χ1) is 12.1. The summed E-state index contributed by atoms with van der Waals surface area (Å²) in [7, 11) is 0. The highest BCUT2D eigenvalue weighted by Crippen LogP contribution is 2.60. The highest BCUT2D eigenvalue weighted by molar-refractivity contribution is 7.13. The number of aromatic nitrogens is 1. The number of alkyl halides is 13. The van der Waals surface area contributed by atoms with E-state index in [0.717, 1.165) is 10.7 Å². The average Bonchev–Trinajstić information content (AvgIpc) is 2.90. The molecule has 28 heavy (non-hydrogen) atoms. The number of nitrogens with zero attached hydrogens (tertiary/aromatic N) is 1. The fourth-order valence-electron chi connectivity index (χ4n) is 1.50. The van der Waals surface area contributed by atoms with E-state index in [1.807, 2.05) is 0 Å². The first-order valence-electron chi connectivity index (χ1n) is 6.34. The van der Waals surface area contributed by atoms with Gasteiger partial charge in [-0.3, -0.25) is 10.1 Å². The van der Waals surface area contributed by atoms with Crippen molar-refractivity contribution < 1.29 is 61.9 Å². The van der Waals surface area contributed by atoms with Crippen LogP contribution in [0, 0.1) is 6.92 Å². The molecule has 17 heteroatoms. The Morgan fingerprint density at radius 2 is 1.25 bits per heavy atom. The largest absolute Gasteiger partial charge is 0.460 e. The second-order valence-electron chi connectivity index (χ2n) is 5.12. The van der Waals surface area contributed by atoms with Crippen LogP contribution in [0.1, 0.15) is 5.69 Å². The van der Waals surface area contributed by atoms with Crippen molar-refractivity contribution in [3.63, 3.8) is 0 Å². The zero-order chi connectivity index (χ0) is 22.6. The summed E-state index contributed by atoms with van der Waals surface area (Å²) in [6, 6.07) is 0.